The van der Waals surface area contributed by atoms with Gasteiger partial charge in [-0.05, 0) is 44.3 Å². The van der Waals surface area contributed by atoms with Crippen LogP contribution in [-0.4, -0.2) is 20.7 Å². The van der Waals surface area contributed by atoms with Crippen molar-refractivity contribution in [3.63, 3.8) is 0 Å². The fourth-order valence-corrected chi connectivity index (χ4v) is 2.39. The van der Waals surface area contributed by atoms with Crippen LogP contribution in [0.15, 0.2) is 28.7 Å². The number of carbonyl (C=O) groups excluding carboxylic acids is 1. The van der Waals surface area contributed by atoms with E-state index in [0.29, 0.717) is 16.1 Å². The van der Waals surface area contributed by atoms with Gasteiger partial charge in [0.25, 0.3) is 4.84 Å². The average Bonchev–Trinajstić information content (AvgIpc) is 2.90. The van der Waals surface area contributed by atoms with Gasteiger partial charge in [0, 0.05) is 17.4 Å². The molecule has 2 N–H and O–H groups in total. The third-order valence-electron chi connectivity index (χ3n) is 3.10. The van der Waals surface area contributed by atoms with E-state index in [1.807, 2.05) is 26.0 Å². The molecule has 7 heteroatoms. The van der Waals surface area contributed by atoms with Crippen LogP contribution in [-0.2, 0) is 11.3 Å². The van der Waals surface area contributed by atoms with Gasteiger partial charge in [0.2, 0.25) is 5.91 Å². The first-order chi connectivity index (χ1) is 10.0. The topological polar surface area (TPSA) is 75.8 Å². The predicted octanol–water partition coefficient (Wildman–Crippen LogP) is 2.94. The van der Waals surface area contributed by atoms with Gasteiger partial charge in [-0.2, -0.15) is 5.10 Å². The van der Waals surface area contributed by atoms with Crippen LogP contribution in [0.4, 0.5) is 5.69 Å². The standard InChI is InChI=1S/C14H14N4O2S/c1-8-5-9(2)18(17-8)7-13(19)15-10-3-4-11-12(6-10)20-14(21)16-11/h3-6H,7H2,1-2H3,(H,15,19)(H,16,21). The number of oxazole rings is 1. The summed E-state index contributed by atoms with van der Waals surface area (Å²) in [5, 5.41) is 7.08. The van der Waals surface area contributed by atoms with Gasteiger partial charge in [0.1, 0.15) is 6.54 Å². The van der Waals surface area contributed by atoms with Gasteiger partial charge < -0.3 is 14.7 Å². The molecule has 0 unspecified atom stereocenters. The Morgan fingerprint density at radius 2 is 2.24 bits per heavy atom. The van der Waals surface area contributed by atoms with Gasteiger partial charge >= 0.3 is 0 Å². The first-order valence-electron chi connectivity index (χ1n) is 6.45. The summed E-state index contributed by atoms with van der Waals surface area (Å²) >= 11 is 4.93. The Labute approximate surface area is 125 Å². The maximum Gasteiger partial charge on any atom is 0.266 e. The second-order valence-electron chi connectivity index (χ2n) is 4.86. The highest BCUT2D eigenvalue weighted by Crippen LogP contribution is 2.18. The lowest BCUT2D eigenvalue weighted by Gasteiger charge is -2.06. The number of fused-ring (bicyclic) bond motifs is 1. The molecule has 0 saturated carbocycles. The third kappa shape index (κ3) is 2.87. The zero-order chi connectivity index (χ0) is 15.0. The van der Waals surface area contributed by atoms with E-state index in [9.17, 15) is 4.79 Å². The van der Waals surface area contributed by atoms with Gasteiger partial charge in [0.15, 0.2) is 5.58 Å². The molecule has 0 fully saturated rings. The molecule has 3 aromatic rings. The monoisotopic (exact) mass is 302 g/mol. The number of hydrogen-bond acceptors (Lipinski definition) is 4. The van der Waals surface area contributed by atoms with Crippen LogP contribution >= 0.6 is 12.2 Å². The maximum atomic E-state index is 12.1. The number of H-pyrrole nitrogens is 1. The summed E-state index contributed by atoms with van der Waals surface area (Å²) in [5.41, 5.74) is 3.92. The van der Waals surface area contributed by atoms with Crippen LogP contribution < -0.4 is 5.32 Å². The van der Waals surface area contributed by atoms with Crippen LogP contribution in [0.2, 0.25) is 0 Å². The largest absolute Gasteiger partial charge is 0.429 e. The van der Waals surface area contributed by atoms with Gasteiger partial charge in [-0.3, -0.25) is 9.48 Å². The van der Waals surface area contributed by atoms with Crippen molar-refractivity contribution in [2.24, 2.45) is 0 Å². The van der Waals surface area contributed by atoms with Crippen molar-refractivity contribution >= 4 is 34.9 Å². The number of nitrogens with zero attached hydrogens (tertiary/aromatic N) is 2. The number of amides is 1. The van der Waals surface area contributed by atoms with Gasteiger partial charge in [-0.25, -0.2) is 0 Å². The van der Waals surface area contributed by atoms with Crippen molar-refractivity contribution in [3.05, 3.63) is 40.5 Å². The molecule has 3 rings (SSSR count). The minimum Gasteiger partial charge on any atom is -0.429 e. The summed E-state index contributed by atoms with van der Waals surface area (Å²) in [7, 11) is 0. The number of rotatable bonds is 3. The first-order valence-corrected chi connectivity index (χ1v) is 6.86. The fraction of sp³-hybridized carbons (Fsp3) is 0.214. The number of aromatic nitrogens is 3. The molecule has 1 amide bonds. The van der Waals surface area contributed by atoms with Gasteiger partial charge in [0.05, 0.1) is 11.2 Å². The highest BCUT2D eigenvalue weighted by atomic mass is 32.1. The molecular formula is C14H14N4O2S. The number of anilines is 1. The number of carbonyl (C=O) groups is 1. The number of hydrogen-bond donors (Lipinski definition) is 2. The van der Waals surface area contributed by atoms with E-state index in [-0.39, 0.29) is 12.5 Å². The molecule has 0 saturated heterocycles. The van der Waals surface area contributed by atoms with E-state index in [0.717, 1.165) is 16.9 Å². The van der Waals surface area contributed by atoms with E-state index in [4.69, 9.17) is 16.6 Å². The van der Waals surface area contributed by atoms with Crippen LogP contribution in [0.25, 0.3) is 11.1 Å². The maximum absolute atomic E-state index is 12.1. The Bertz CT molecular complexity index is 875. The summed E-state index contributed by atoms with van der Waals surface area (Å²) in [5.74, 6) is -0.144. The number of benzene rings is 1. The quantitative estimate of drug-likeness (QED) is 0.729. The minimum absolute atomic E-state index is 0.144. The van der Waals surface area contributed by atoms with Crippen molar-refractivity contribution in [2.45, 2.75) is 20.4 Å². The molecule has 0 radical (unpaired) electrons. The Balaban J connectivity index is 1.76. The second-order valence-corrected chi connectivity index (χ2v) is 5.23. The molecule has 21 heavy (non-hydrogen) atoms. The van der Waals surface area contributed by atoms with E-state index in [2.05, 4.69) is 15.4 Å². The Morgan fingerprint density at radius 1 is 1.43 bits per heavy atom. The van der Waals surface area contributed by atoms with Crippen molar-refractivity contribution in [1.82, 2.24) is 14.8 Å². The Kier molecular flexibility index (Phi) is 3.34. The summed E-state index contributed by atoms with van der Waals surface area (Å²) in [6.07, 6.45) is 0. The molecule has 108 valence electrons. The summed E-state index contributed by atoms with van der Waals surface area (Å²) in [6.45, 7) is 3.99. The molecule has 0 atom stereocenters. The van der Waals surface area contributed by atoms with Crippen LogP contribution in [0, 0.1) is 18.7 Å². The first kappa shape index (κ1) is 13.6. The van der Waals surface area contributed by atoms with Crippen molar-refractivity contribution < 1.29 is 9.21 Å². The normalized spacial score (nSPS) is 11.0. The van der Waals surface area contributed by atoms with Crippen LogP contribution in [0.1, 0.15) is 11.4 Å². The van der Waals surface area contributed by atoms with Crippen molar-refractivity contribution in [3.8, 4) is 0 Å². The predicted molar refractivity (Wildman–Crippen MR) is 81.7 cm³/mol. The molecule has 6 nitrogen and oxygen atoms in total. The molecule has 0 aliphatic carbocycles. The van der Waals surface area contributed by atoms with E-state index < -0.39 is 0 Å². The molecule has 1 aromatic carbocycles. The second kappa shape index (κ2) is 5.17. The van der Waals surface area contributed by atoms with Gasteiger partial charge in [-0.15, -0.1) is 0 Å². The Hall–Kier alpha value is -2.41. The molecule has 0 aliphatic rings. The highest BCUT2D eigenvalue weighted by molar-refractivity contribution is 7.71. The zero-order valence-corrected chi connectivity index (χ0v) is 12.5. The van der Waals surface area contributed by atoms with Gasteiger partial charge in [-0.1, -0.05) is 0 Å². The smallest absolute Gasteiger partial charge is 0.266 e. The number of aryl methyl sites for hydroxylation is 2. The van der Waals surface area contributed by atoms with E-state index in [1.165, 1.54) is 0 Å². The van der Waals surface area contributed by atoms with E-state index in [1.54, 1.807) is 16.8 Å². The molecule has 0 spiro atoms. The minimum atomic E-state index is -0.144. The molecule has 0 aliphatic heterocycles. The molecular weight excluding hydrogens is 288 g/mol. The molecule has 2 heterocycles. The summed E-state index contributed by atoms with van der Waals surface area (Å²) in [4.78, 5) is 15.3. The van der Waals surface area contributed by atoms with Crippen molar-refractivity contribution in [2.75, 3.05) is 5.32 Å². The lowest BCUT2D eigenvalue weighted by molar-refractivity contribution is -0.116. The average molecular weight is 302 g/mol. The van der Waals surface area contributed by atoms with Crippen molar-refractivity contribution in [1.29, 1.82) is 0 Å². The number of aromatic amines is 1. The zero-order valence-electron chi connectivity index (χ0n) is 11.6. The third-order valence-corrected chi connectivity index (χ3v) is 3.29. The van der Waals surface area contributed by atoms with Crippen LogP contribution in [0.3, 0.4) is 0 Å². The molecule has 0 bridgehead atoms. The fourth-order valence-electron chi connectivity index (χ4n) is 2.19. The number of nitrogens with one attached hydrogen (secondary N) is 2. The SMILES string of the molecule is Cc1cc(C)n(CC(=O)Nc2ccc3[nH]c(=S)oc3c2)n1. The van der Waals surface area contributed by atoms with E-state index >= 15 is 0 Å². The Morgan fingerprint density at radius 3 is 2.95 bits per heavy atom. The van der Waals surface area contributed by atoms with Crippen LogP contribution in [0.5, 0.6) is 0 Å². The molecule has 2 aromatic heterocycles. The highest BCUT2D eigenvalue weighted by Gasteiger charge is 2.08. The summed E-state index contributed by atoms with van der Waals surface area (Å²) < 4.78 is 6.99. The summed E-state index contributed by atoms with van der Waals surface area (Å²) in [6, 6.07) is 7.28. The lowest BCUT2D eigenvalue weighted by Crippen LogP contribution is -2.20. The lowest BCUT2D eigenvalue weighted by atomic mass is 10.3.